The molecule has 0 amide bonds. The zero-order valence-electron chi connectivity index (χ0n) is 9.70. The molecule has 0 aliphatic heterocycles. The molecule has 2 aromatic rings. The number of aromatic amines is 1. The van der Waals surface area contributed by atoms with Crippen LogP contribution in [0.25, 0.3) is 0 Å². The lowest BCUT2D eigenvalue weighted by molar-refractivity contribution is 0.734. The van der Waals surface area contributed by atoms with Gasteiger partial charge in [0.25, 0.3) is 0 Å². The van der Waals surface area contributed by atoms with Gasteiger partial charge in [0.1, 0.15) is 5.82 Å². The topological polar surface area (TPSA) is 58.5 Å². The second-order valence-corrected chi connectivity index (χ2v) is 3.83. The summed E-state index contributed by atoms with van der Waals surface area (Å²) in [6.07, 6.45) is 3.90. The molecule has 0 radical (unpaired) electrons. The molecular weight excluding hydrogens is 202 g/mol. The number of rotatable bonds is 5. The summed E-state index contributed by atoms with van der Waals surface area (Å²) in [5.74, 6) is 1.04. The molecule has 0 saturated carbocycles. The Morgan fingerprint density at radius 1 is 1.50 bits per heavy atom. The van der Waals surface area contributed by atoms with E-state index in [4.69, 9.17) is 0 Å². The van der Waals surface area contributed by atoms with Gasteiger partial charge in [-0.05, 0) is 12.5 Å². The summed E-state index contributed by atoms with van der Waals surface area (Å²) in [6, 6.07) is 4.05. The Balaban J connectivity index is 1.98. The van der Waals surface area contributed by atoms with E-state index in [2.05, 4.69) is 33.6 Å². The summed E-state index contributed by atoms with van der Waals surface area (Å²) >= 11 is 0. The van der Waals surface area contributed by atoms with Gasteiger partial charge in [-0.25, -0.2) is 0 Å². The fourth-order valence-electron chi connectivity index (χ4n) is 1.64. The Bertz CT molecular complexity index is 429. The van der Waals surface area contributed by atoms with Crippen molar-refractivity contribution in [2.45, 2.75) is 26.3 Å². The monoisotopic (exact) mass is 219 g/mol. The number of H-pyrrole nitrogens is 1. The molecule has 0 unspecified atom stereocenters. The van der Waals surface area contributed by atoms with E-state index < -0.39 is 0 Å². The van der Waals surface area contributed by atoms with E-state index in [-0.39, 0.29) is 0 Å². The van der Waals surface area contributed by atoms with Crippen LogP contribution in [0.15, 0.2) is 18.3 Å². The number of anilines is 1. The van der Waals surface area contributed by atoms with Crippen molar-refractivity contribution in [2.75, 3.05) is 5.32 Å². The fraction of sp³-hybridized carbons (Fsp3) is 0.455. The van der Waals surface area contributed by atoms with Crippen LogP contribution in [0, 0.1) is 0 Å². The minimum Gasteiger partial charge on any atom is -0.365 e. The quantitative estimate of drug-likeness (QED) is 0.804. The van der Waals surface area contributed by atoms with Gasteiger partial charge in [0, 0.05) is 19.3 Å². The van der Waals surface area contributed by atoms with Crippen LogP contribution in [0.3, 0.4) is 0 Å². The lowest BCUT2D eigenvalue weighted by Gasteiger charge is -2.03. The van der Waals surface area contributed by atoms with E-state index in [0.29, 0.717) is 0 Å². The van der Waals surface area contributed by atoms with Crippen molar-refractivity contribution in [3.05, 3.63) is 29.7 Å². The first kappa shape index (κ1) is 10.7. The number of hydrogen-bond donors (Lipinski definition) is 2. The minimum absolute atomic E-state index is 0.741. The van der Waals surface area contributed by atoms with Crippen molar-refractivity contribution >= 4 is 5.82 Å². The Hall–Kier alpha value is -1.78. The Kier molecular flexibility index (Phi) is 3.24. The summed E-state index contributed by atoms with van der Waals surface area (Å²) in [6.45, 7) is 2.90. The van der Waals surface area contributed by atoms with Crippen LogP contribution in [0.4, 0.5) is 5.82 Å². The van der Waals surface area contributed by atoms with Crippen LogP contribution in [0.5, 0.6) is 0 Å². The maximum absolute atomic E-state index is 4.43. The van der Waals surface area contributed by atoms with E-state index in [1.165, 1.54) is 0 Å². The third kappa shape index (κ3) is 2.42. The minimum atomic E-state index is 0.741. The molecular formula is C11H17N5. The number of nitrogens with one attached hydrogen (secondary N) is 2. The largest absolute Gasteiger partial charge is 0.365 e. The Labute approximate surface area is 94.9 Å². The highest BCUT2D eigenvalue weighted by molar-refractivity contribution is 5.37. The van der Waals surface area contributed by atoms with E-state index >= 15 is 0 Å². The lowest BCUT2D eigenvalue weighted by atomic mass is 10.2. The van der Waals surface area contributed by atoms with Gasteiger partial charge in [0.2, 0.25) is 0 Å². The second kappa shape index (κ2) is 4.83. The smallest absolute Gasteiger partial charge is 0.124 e. The zero-order chi connectivity index (χ0) is 11.4. The predicted molar refractivity (Wildman–Crippen MR) is 63.1 cm³/mol. The average molecular weight is 219 g/mol. The normalized spacial score (nSPS) is 10.6. The maximum Gasteiger partial charge on any atom is 0.124 e. The van der Waals surface area contributed by atoms with Crippen LogP contribution in [-0.2, 0) is 20.0 Å². The van der Waals surface area contributed by atoms with Crippen molar-refractivity contribution in [1.29, 1.82) is 0 Å². The zero-order valence-corrected chi connectivity index (χ0v) is 9.70. The molecule has 2 rings (SSSR count). The first-order valence-electron chi connectivity index (χ1n) is 5.54. The van der Waals surface area contributed by atoms with Crippen LogP contribution >= 0.6 is 0 Å². The van der Waals surface area contributed by atoms with Gasteiger partial charge < -0.3 is 5.32 Å². The first-order valence-corrected chi connectivity index (χ1v) is 5.54. The molecule has 86 valence electrons. The summed E-state index contributed by atoms with van der Waals surface area (Å²) in [7, 11) is 1.95. The molecule has 0 saturated heterocycles. The van der Waals surface area contributed by atoms with Gasteiger partial charge in [0.15, 0.2) is 0 Å². The van der Waals surface area contributed by atoms with Crippen molar-refractivity contribution < 1.29 is 0 Å². The molecule has 0 fully saturated rings. The molecule has 5 heteroatoms. The molecule has 0 aliphatic carbocycles. The standard InChI is InChI=1S/C11H17N5/c1-3-4-9-7-11(16(2)15-9)12-8-10-5-6-13-14-10/h5-7,12H,3-4,8H2,1-2H3,(H,13,14). The van der Waals surface area contributed by atoms with Crippen LogP contribution in [0.1, 0.15) is 24.7 Å². The van der Waals surface area contributed by atoms with Gasteiger partial charge in [-0.15, -0.1) is 0 Å². The third-order valence-electron chi connectivity index (χ3n) is 2.45. The van der Waals surface area contributed by atoms with E-state index in [0.717, 1.165) is 36.6 Å². The van der Waals surface area contributed by atoms with E-state index in [9.17, 15) is 0 Å². The number of nitrogens with zero attached hydrogens (tertiary/aromatic N) is 3. The summed E-state index contributed by atoms with van der Waals surface area (Å²) < 4.78 is 1.88. The molecule has 0 spiro atoms. The lowest BCUT2D eigenvalue weighted by Crippen LogP contribution is -2.04. The summed E-state index contributed by atoms with van der Waals surface area (Å²) in [4.78, 5) is 0. The molecule has 16 heavy (non-hydrogen) atoms. The second-order valence-electron chi connectivity index (χ2n) is 3.83. The van der Waals surface area contributed by atoms with Gasteiger partial charge >= 0.3 is 0 Å². The summed E-state index contributed by atoms with van der Waals surface area (Å²) in [5.41, 5.74) is 2.20. The number of hydrogen-bond acceptors (Lipinski definition) is 3. The third-order valence-corrected chi connectivity index (χ3v) is 2.45. The van der Waals surface area contributed by atoms with Crippen LogP contribution < -0.4 is 5.32 Å². The van der Waals surface area contributed by atoms with Crippen molar-refractivity contribution in [1.82, 2.24) is 20.0 Å². The molecule has 2 heterocycles. The van der Waals surface area contributed by atoms with Gasteiger partial charge in [-0.3, -0.25) is 9.78 Å². The number of aryl methyl sites for hydroxylation is 2. The van der Waals surface area contributed by atoms with E-state index in [1.54, 1.807) is 6.20 Å². The van der Waals surface area contributed by atoms with Crippen molar-refractivity contribution in [2.24, 2.45) is 7.05 Å². The van der Waals surface area contributed by atoms with Crippen molar-refractivity contribution in [3.8, 4) is 0 Å². The van der Waals surface area contributed by atoms with E-state index in [1.807, 2.05) is 17.8 Å². The maximum atomic E-state index is 4.43. The highest BCUT2D eigenvalue weighted by Gasteiger charge is 2.03. The Morgan fingerprint density at radius 3 is 3.06 bits per heavy atom. The SMILES string of the molecule is CCCc1cc(NCc2ccn[nH]2)n(C)n1. The Morgan fingerprint density at radius 2 is 2.38 bits per heavy atom. The molecule has 2 N–H and O–H groups in total. The molecule has 0 atom stereocenters. The summed E-state index contributed by atoms with van der Waals surface area (Å²) in [5, 5.41) is 14.6. The predicted octanol–water partition coefficient (Wildman–Crippen LogP) is 1.71. The molecule has 2 aromatic heterocycles. The fourth-order valence-corrected chi connectivity index (χ4v) is 1.64. The highest BCUT2D eigenvalue weighted by Crippen LogP contribution is 2.11. The molecule has 0 aromatic carbocycles. The average Bonchev–Trinajstić information content (AvgIpc) is 2.86. The van der Waals surface area contributed by atoms with Crippen molar-refractivity contribution in [3.63, 3.8) is 0 Å². The van der Waals surface area contributed by atoms with Crippen LogP contribution in [0.2, 0.25) is 0 Å². The van der Waals surface area contributed by atoms with Gasteiger partial charge in [-0.1, -0.05) is 13.3 Å². The highest BCUT2D eigenvalue weighted by atomic mass is 15.3. The van der Waals surface area contributed by atoms with Gasteiger partial charge in [0.05, 0.1) is 17.9 Å². The molecule has 0 aliphatic rings. The van der Waals surface area contributed by atoms with Gasteiger partial charge in [-0.2, -0.15) is 10.2 Å². The first-order chi connectivity index (χ1) is 7.79. The van der Waals surface area contributed by atoms with Crippen LogP contribution in [-0.4, -0.2) is 20.0 Å². The molecule has 5 nitrogen and oxygen atoms in total. The molecule has 0 bridgehead atoms. The number of aromatic nitrogens is 4.